The van der Waals surface area contributed by atoms with Crippen LogP contribution in [0.3, 0.4) is 0 Å². The Bertz CT molecular complexity index is 1360. The minimum Gasteiger partial charge on any atom is -0.262 e. The van der Waals surface area contributed by atoms with E-state index in [0.29, 0.717) is 0 Å². The van der Waals surface area contributed by atoms with Gasteiger partial charge in [-0.05, 0) is 46.9 Å². The Hall–Kier alpha value is -2.90. The molecule has 2 heterocycles. The molecular weight excluding hydrogens is 552 g/mol. The van der Waals surface area contributed by atoms with Crippen LogP contribution in [0.1, 0.15) is 98.1 Å². The minimum absolute atomic E-state index is 0. The zero-order chi connectivity index (χ0) is 26.9. The number of nitrogens with zero attached hydrogens (tertiary/aromatic N) is 2. The SMILES string of the molecule is CC(C)(C)c1cccc2c1C=[C-]C2c1ccccn1.CC(C)(C)c1cccc2c1C=[C-]C2c1ccccn1.[Zr+2]. The fourth-order valence-electron chi connectivity index (χ4n) is 5.40. The standard InChI is InChI=1S/2C18H18N.Zr/c2*1-18(2,3)16-8-6-7-13-14(16)10-11-15(13)17-9-4-5-12-19-17;/h2*4-10,12,15H,1-3H3;/q2*-1;+2. The van der Waals surface area contributed by atoms with Gasteiger partial charge in [-0.2, -0.15) is 11.1 Å². The van der Waals surface area contributed by atoms with Gasteiger partial charge in [0.05, 0.1) is 0 Å². The fourth-order valence-corrected chi connectivity index (χ4v) is 5.40. The molecule has 0 radical (unpaired) electrons. The first-order valence-corrected chi connectivity index (χ1v) is 13.4. The Labute approximate surface area is 253 Å². The summed E-state index contributed by atoms with van der Waals surface area (Å²) in [4.78, 5) is 8.94. The molecule has 2 aromatic carbocycles. The summed E-state index contributed by atoms with van der Waals surface area (Å²) in [6, 6.07) is 25.3. The van der Waals surface area contributed by atoms with E-state index in [2.05, 4.69) is 124 Å². The third-order valence-electron chi connectivity index (χ3n) is 7.27. The molecule has 2 atom stereocenters. The van der Waals surface area contributed by atoms with Gasteiger partial charge in [-0.25, -0.2) is 12.2 Å². The number of pyridine rings is 2. The van der Waals surface area contributed by atoms with Gasteiger partial charge >= 0.3 is 26.2 Å². The van der Waals surface area contributed by atoms with Crippen LogP contribution in [-0.2, 0) is 37.0 Å². The maximum atomic E-state index is 4.47. The fraction of sp³-hybridized carbons (Fsp3) is 0.278. The predicted molar refractivity (Wildman–Crippen MR) is 158 cm³/mol. The Morgan fingerprint density at radius 1 is 0.538 bits per heavy atom. The Kier molecular flexibility index (Phi) is 8.72. The Balaban J connectivity index is 0.000000176. The van der Waals surface area contributed by atoms with Crippen molar-refractivity contribution in [3.05, 3.63) is 142 Å². The van der Waals surface area contributed by atoms with E-state index < -0.39 is 0 Å². The molecular formula is C36H36N2Zr. The first-order chi connectivity index (χ1) is 18.1. The molecule has 194 valence electrons. The average molecular weight is 588 g/mol. The molecule has 2 aliphatic rings. The smallest absolute Gasteiger partial charge is 0.262 e. The van der Waals surface area contributed by atoms with Crippen molar-refractivity contribution in [2.75, 3.05) is 0 Å². The van der Waals surface area contributed by atoms with Crippen molar-refractivity contribution >= 4 is 12.2 Å². The Morgan fingerprint density at radius 2 is 0.949 bits per heavy atom. The molecule has 0 aliphatic heterocycles. The number of allylic oxidation sites excluding steroid dienone is 2. The molecule has 0 saturated carbocycles. The molecule has 0 saturated heterocycles. The molecule has 0 N–H and O–H groups in total. The van der Waals surface area contributed by atoms with Gasteiger partial charge in [0.15, 0.2) is 0 Å². The van der Waals surface area contributed by atoms with Crippen molar-refractivity contribution < 1.29 is 26.2 Å². The first kappa shape index (κ1) is 29.1. The monoisotopic (exact) mass is 586 g/mol. The van der Waals surface area contributed by atoms with E-state index in [4.69, 9.17) is 0 Å². The number of hydrogen-bond donors (Lipinski definition) is 0. The zero-order valence-corrected chi connectivity index (χ0v) is 26.2. The van der Waals surface area contributed by atoms with Crippen LogP contribution in [0.15, 0.2) is 85.2 Å². The number of fused-ring (bicyclic) bond motifs is 2. The Morgan fingerprint density at radius 3 is 1.28 bits per heavy atom. The van der Waals surface area contributed by atoms with Gasteiger partial charge in [-0.1, -0.05) is 90.1 Å². The number of rotatable bonds is 2. The van der Waals surface area contributed by atoms with Crippen molar-refractivity contribution in [1.29, 1.82) is 0 Å². The number of hydrogen-bond acceptors (Lipinski definition) is 2. The summed E-state index contributed by atoms with van der Waals surface area (Å²) in [6.07, 6.45) is 14.9. The van der Waals surface area contributed by atoms with E-state index in [1.54, 1.807) is 0 Å². The topological polar surface area (TPSA) is 25.8 Å². The molecule has 0 spiro atoms. The largest absolute Gasteiger partial charge is 2.00 e. The molecule has 0 bridgehead atoms. The molecule has 6 rings (SSSR count). The van der Waals surface area contributed by atoms with Gasteiger partial charge in [-0.15, -0.1) is 22.3 Å². The van der Waals surface area contributed by atoms with Crippen LogP contribution in [0, 0.1) is 12.2 Å². The second-order valence-corrected chi connectivity index (χ2v) is 12.1. The normalized spacial score (nSPS) is 17.1. The summed E-state index contributed by atoms with van der Waals surface area (Å²) in [5.41, 5.74) is 10.5. The summed E-state index contributed by atoms with van der Waals surface area (Å²) in [5, 5.41) is 0. The third-order valence-corrected chi connectivity index (χ3v) is 7.27. The minimum atomic E-state index is 0. The van der Waals surface area contributed by atoms with Crippen LogP contribution in [0.25, 0.3) is 12.2 Å². The van der Waals surface area contributed by atoms with E-state index in [9.17, 15) is 0 Å². The van der Waals surface area contributed by atoms with Crippen LogP contribution >= 0.6 is 0 Å². The van der Waals surface area contributed by atoms with Gasteiger partial charge < -0.3 is 0 Å². The van der Waals surface area contributed by atoms with Crippen LogP contribution in [0.2, 0.25) is 0 Å². The van der Waals surface area contributed by atoms with Crippen molar-refractivity contribution in [1.82, 2.24) is 9.97 Å². The molecule has 2 aromatic heterocycles. The summed E-state index contributed by atoms with van der Waals surface area (Å²) < 4.78 is 0. The summed E-state index contributed by atoms with van der Waals surface area (Å²) in [7, 11) is 0. The maximum absolute atomic E-state index is 4.47. The van der Waals surface area contributed by atoms with Crippen molar-refractivity contribution in [3.8, 4) is 0 Å². The van der Waals surface area contributed by atoms with Crippen molar-refractivity contribution in [2.24, 2.45) is 0 Å². The average Bonchev–Trinajstić information content (AvgIpc) is 3.53. The van der Waals surface area contributed by atoms with E-state index in [-0.39, 0.29) is 48.9 Å². The third kappa shape index (κ3) is 6.15. The first-order valence-electron chi connectivity index (χ1n) is 13.4. The van der Waals surface area contributed by atoms with E-state index in [1.165, 1.54) is 33.4 Å². The van der Waals surface area contributed by atoms with Crippen LogP contribution in [0.5, 0.6) is 0 Å². The summed E-state index contributed by atoms with van der Waals surface area (Å²) in [5.74, 6) is 0.358. The molecule has 3 heteroatoms. The van der Waals surface area contributed by atoms with Crippen molar-refractivity contribution in [2.45, 2.75) is 64.2 Å². The molecule has 0 fully saturated rings. The maximum Gasteiger partial charge on any atom is 2.00 e. The van der Waals surface area contributed by atoms with Crippen LogP contribution < -0.4 is 0 Å². The molecule has 4 aromatic rings. The van der Waals surface area contributed by atoms with Gasteiger partial charge in [0.1, 0.15) is 0 Å². The van der Waals surface area contributed by atoms with E-state index >= 15 is 0 Å². The molecule has 0 amide bonds. The number of aromatic nitrogens is 2. The van der Waals surface area contributed by atoms with E-state index in [1.807, 2.05) is 36.7 Å². The van der Waals surface area contributed by atoms with Gasteiger partial charge in [-0.3, -0.25) is 22.1 Å². The predicted octanol–water partition coefficient (Wildman–Crippen LogP) is 8.68. The summed E-state index contributed by atoms with van der Waals surface area (Å²) >= 11 is 0. The van der Waals surface area contributed by atoms with Crippen LogP contribution in [0.4, 0.5) is 0 Å². The zero-order valence-electron chi connectivity index (χ0n) is 23.8. The van der Waals surface area contributed by atoms with Gasteiger partial charge in [0.25, 0.3) is 0 Å². The van der Waals surface area contributed by atoms with Gasteiger partial charge in [0, 0.05) is 23.8 Å². The molecule has 2 nitrogen and oxygen atoms in total. The van der Waals surface area contributed by atoms with E-state index in [0.717, 1.165) is 11.4 Å². The molecule has 2 unspecified atom stereocenters. The van der Waals surface area contributed by atoms with Crippen LogP contribution in [-0.4, -0.2) is 9.97 Å². The quantitative estimate of drug-likeness (QED) is 0.219. The second-order valence-electron chi connectivity index (χ2n) is 12.1. The second kappa shape index (κ2) is 11.7. The molecule has 2 aliphatic carbocycles. The molecule has 39 heavy (non-hydrogen) atoms. The summed E-state index contributed by atoms with van der Waals surface area (Å²) in [6.45, 7) is 13.5. The van der Waals surface area contributed by atoms with Gasteiger partial charge in [0.2, 0.25) is 0 Å². The number of benzene rings is 2. The van der Waals surface area contributed by atoms with Crippen molar-refractivity contribution in [3.63, 3.8) is 0 Å².